The molecule has 1 aromatic rings. The highest BCUT2D eigenvalue weighted by atomic mass is 35.5. The van der Waals surface area contributed by atoms with Crippen molar-refractivity contribution >= 4 is 29.2 Å². The van der Waals surface area contributed by atoms with Gasteiger partial charge < -0.3 is 10.4 Å². The van der Waals surface area contributed by atoms with Gasteiger partial charge in [0, 0.05) is 16.2 Å². The summed E-state index contributed by atoms with van der Waals surface area (Å²) in [6.07, 6.45) is 0. The highest BCUT2D eigenvalue weighted by Crippen LogP contribution is 2.20. The van der Waals surface area contributed by atoms with E-state index in [1.54, 1.807) is 23.1 Å². The van der Waals surface area contributed by atoms with Crippen LogP contribution in [0.3, 0.4) is 0 Å². The first-order chi connectivity index (χ1) is 9.59. The summed E-state index contributed by atoms with van der Waals surface area (Å²) in [5.74, 6) is -1.21. The predicted octanol–water partition coefficient (Wildman–Crippen LogP) is 2.77. The average Bonchev–Trinajstić information content (AvgIpc) is 2.30. The third-order valence-electron chi connectivity index (χ3n) is 3.07. The average molecular weight is 313 g/mol. The molecule has 0 aliphatic rings. The van der Waals surface area contributed by atoms with E-state index in [1.807, 2.05) is 27.7 Å². The van der Waals surface area contributed by atoms with Crippen LogP contribution in [0, 0.1) is 6.92 Å². The Hall–Kier alpha value is -1.59. The van der Waals surface area contributed by atoms with E-state index in [9.17, 15) is 9.59 Å². The minimum atomic E-state index is -0.958. The van der Waals surface area contributed by atoms with Crippen LogP contribution in [0.25, 0.3) is 0 Å². The molecule has 0 aromatic heterocycles. The number of rotatable bonds is 5. The van der Waals surface area contributed by atoms with Crippen molar-refractivity contribution < 1.29 is 14.7 Å². The number of carboxylic acids is 1. The lowest BCUT2D eigenvalue weighted by molar-refractivity contribution is -0.140. The fourth-order valence-corrected chi connectivity index (χ4v) is 2.05. The Balaban J connectivity index is 2.76. The number of carbonyl (C=O) groups is 2. The number of nitrogens with zero attached hydrogens (tertiary/aromatic N) is 1. The molecule has 6 heteroatoms. The van der Waals surface area contributed by atoms with Gasteiger partial charge in [-0.15, -0.1) is 0 Å². The van der Waals surface area contributed by atoms with Gasteiger partial charge in [-0.1, -0.05) is 11.6 Å². The first-order valence-corrected chi connectivity index (χ1v) is 7.00. The largest absolute Gasteiger partial charge is 0.480 e. The van der Waals surface area contributed by atoms with Crippen molar-refractivity contribution in [2.75, 3.05) is 18.4 Å². The lowest BCUT2D eigenvalue weighted by Crippen LogP contribution is -2.48. The highest BCUT2D eigenvalue weighted by Gasteiger charge is 2.25. The molecule has 0 atom stereocenters. The van der Waals surface area contributed by atoms with Gasteiger partial charge in [0.25, 0.3) is 0 Å². The molecule has 5 nitrogen and oxygen atoms in total. The number of carboxylic acid groups (broad SMARTS) is 1. The molecule has 2 N–H and O–H groups in total. The second kappa shape index (κ2) is 6.91. The smallest absolute Gasteiger partial charge is 0.317 e. The quantitative estimate of drug-likeness (QED) is 0.877. The number of benzene rings is 1. The van der Waals surface area contributed by atoms with E-state index in [0.717, 1.165) is 5.56 Å². The summed E-state index contributed by atoms with van der Waals surface area (Å²) in [6.45, 7) is 7.29. The van der Waals surface area contributed by atoms with Crippen LogP contribution in [0.5, 0.6) is 0 Å². The summed E-state index contributed by atoms with van der Waals surface area (Å²) < 4.78 is 0. The van der Waals surface area contributed by atoms with Crippen molar-refractivity contribution in [3.05, 3.63) is 28.8 Å². The SMILES string of the molecule is Cc1cc(Cl)ccc1NC(=O)CN(CC(=O)O)C(C)(C)C. The second-order valence-electron chi connectivity index (χ2n) is 5.93. The molecule has 116 valence electrons. The van der Waals surface area contributed by atoms with Gasteiger partial charge >= 0.3 is 5.97 Å². The van der Waals surface area contributed by atoms with Crippen LogP contribution in [-0.2, 0) is 9.59 Å². The minimum absolute atomic E-state index is 0.0118. The zero-order chi connectivity index (χ0) is 16.2. The molecule has 0 saturated heterocycles. The van der Waals surface area contributed by atoms with Crippen LogP contribution in [-0.4, -0.2) is 40.5 Å². The van der Waals surface area contributed by atoms with Crippen LogP contribution in [0.15, 0.2) is 18.2 Å². The van der Waals surface area contributed by atoms with E-state index >= 15 is 0 Å². The fraction of sp³-hybridized carbons (Fsp3) is 0.467. The number of nitrogens with one attached hydrogen (secondary N) is 1. The van der Waals surface area contributed by atoms with Crippen LogP contribution < -0.4 is 5.32 Å². The number of amides is 1. The van der Waals surface area contributed by atoms with Gasteiger partial charge in [0.05, 0.1) is 13.1 Å². The summed E-state index contributed by atoms with van der Waals surface area (Å²) in [5.41, 5.74) is 1.12. The van der Waals surface area contributed by atoms with Gasteiger partial charge in [0.1, 0.15) is 0 Å². The zero-order valence-corrected chi connectivity index (χ0v) is 13.5. The standard InChI is InChI=1S/C15H21ClN2O3/c1-10-7-11(16)5-6-12(10)17-13(19)8-18(9-14(20)21)15(2,3)4/h5-7H,8-9H2,1-4H3,(H,17,19)(H,20,21). The van der Waals surface area contributed by atoms with E-state index in [0.29, 0.717) is 10.7 Å². The Labute approximate surface area is 129 Å². The highest BCUT2D eigenvalue weighted by molar-refractivity contribution is 6.30. The molecule has 1 rings (SSSR count). The van der Waals surface area contributed by atoms with E-state index in [4.69, 9.17) is 16.7 Å². The Bertz CT molecular complexity index is 538. The van der Waals surface area contributed by atoms with Crippen molar-refractivity contribution in [1.29, 1.82) is 0 Å². The monoisotopic (exact) mass is 312 g/mol. The molecular weight excluding hydrogens is 292 g/mol. The van der Waals surface area contributed by atoms with E-state index in [-0.39, 0.29) is 19.0 Å². The number of carbonyl (C=O) groups excluding carboxylic acids is 1. The molecule has 0 saturated carbocycles. The molecule has 1 amide bonds. The van der Waals surface area contributed by atoms with Gasteiger partial charge in [-0.2, -0.15) is 0 Å². The van der Waals surface area contributed by atoms with Crippen molar-refractivity contribution in [3.63, 3.8) is 0 Å². The van der Waals surface area contributed by atoms with Crippen LogP contribution >= 0.6 is 11.6 Å². The van der Waals surface area contributed by atoms with Crippen molar-refractivity contribution in [3.8, 4) is 0 Å². The Kier molecular flexibility index (Phi) is 5.75. The van der Waals surface area contributed by atoms with Crippen LogP contribution in [0.2, 0.25) is 5.02 Å². The van der Waals surface area contributed by atoms with Gasteiger partial charge in [-0.3, -0.25) is 14.5 Å². The molecule has 0 unspecified atom stereocenters. The van der Waals surface area contributed by atoms with Crippen molar-refractivity contribution in [1.82, 2.24) is 4.90 Å². The molecule has 0 spiro atoms. The fourth-order valence-electron chi connectivity index (χ4n) is 1.82. The molecule has 1 aromatic carbocycles. The molecule has 0 aliphatic carbocycles. The van der Waals surface area contributed by atoms with E-state index in [1.165, 1.54) is 0 Å². The first-order valence-electron chi connectivity index (χ1n) is 6.62. The predicted molar refractivity (Wildman–Crippen MR) is 83.8 cm³/mol. The van der Waals surface area contributed by atoms with E-state index < -0.39 is 11.5 Å². The molecule has 0 aliphatic heterocycles. The summed E-state index contributed by atoms with van der Waals surface area (Å²) in [4.78, 5) is 24.6. The molecule has 0 radical (unpaired) electrons. The van der Waals surface area contributed by atoms with Crippen LogP contribution in [0.1, 0.15) is 26.3 Å². The lowest BCUT2D eigenvalue weighted by Gasteiger charge is -2.33. The first kappa shape index (κ1) is 17.5. The van der Waals surface area contributed by atoms with Crippen molar-refractivity contribution in [2.24, 2.45) is 0 Å². The van der Waals surface area contributed by atoms with E-state index in [2.05, 4.69) is 5.32 Å². The molecule has 0 fully saturated rings. The summed E-state index contributed by atoms with van der Waals surface area (Å²) >= 11 is 5.87. The Morgan fingerprint density at radius 3 is 2.38 bits per heavy atom. The van der Waals surface area contributed by atoms with Gasteiger partial charge in [0.15, 0.2) is 0 Å². The lowest BCUT2D eigenvalue weighted by atomic mass is 10.1. The van der Waals surface area contributed by atoms with Crippen LogP contribution in [0.4, 0.5) is 5.69 Å². The maximum Gasteiger partial charge on any atom is 0.317 e. The number of hydrogen-bond donors (Lipinski definition) is 2. The molecular formula is C15H21ClN2O3. The molecule has 0 heterocycles. The topological polar surface area (TPSA) is 69.6 Å². The third kappa shape index (κ3) is 5.73. The maximum atomic E-state index is 12.1. The summed E-state index contributed by atoms with van der Waals surface area (Å²) in [5, 5.41) is 12.3. The summed E-state index contributed by atoms with van der Waals surface area (Å²) in [7, 11) is 0. The number of anilines is 1. The molecule has 21 heavy (non-hydrogen) atoms. The molecule has 0 bridgehead atoms. The van der Waals surface area contributed by atoms with Gasteiger partial charge in [-0.25, -0.2) is 0 Å². The number of aryl methyl sites for hydroxylation is 1. The minimum Gasteiger partial charge on any atom is -0.480 e. The number of halogens is 1. The maximum absolute atomic E-state index is 12.1. The summed E-state index contributed by atoms with van der Waals surface area (Å²) in [6, 6.07) is 5.19. The van der Waals surface area contributed by atoms with Crippen molar-refractivity contribution in [2.45, 2.75) is 33.2 Å². The number of hydrogen-bond acceptors (Lipinski definition) is 3. The Morgan fingerprint density at radius 2 is 1.90 bits per heavy atom. The zero-order valence-electron chi connectivity index (χ0n) is 12.7. The second-order valence-corrected chi connectivity index (χ2v) is 6.36. The normalized spacial score (nSPS) is 11.5. The van der Waals surface area contributed by atoms with Gasteiger partial charge in [-0.05, 0) is 51.5 Å². The number of aliphatic carboxylic acids is 1. The van der Waals surface area contributed by atoms with Gasteiger partial charge in [0.2, 0.25) is 5.91 Å². The Morgan fingerprint density at radius 1 is 1.29 bits per heavy atom. The third-order valence-corrected chi connectivity index (χ3v) is 3.31.